The summed E-state index contributed by atoms with van der Waals surface area (Å²) in [6.45, 7) is 4.03. The van der Waals surface area contributed by atoms with Crippen molar-refractivity contribution in [3.05, 3.63) is 60.0 Å². The zero-order valence-electron chi connectivity index (χ0n) is 18.7. The Hall–Kier alpha value is -2.89. The van der Waals surface area contributed by atoms with Crippen LogP contribution in [0.15, 0.2) is 53.7 Å². The highest BCUT2D eigenvalue weighted by atomic mass is 127. The van der Waals surface area contributed by atoms with Crippen molar-refractivity contribution in [3.63, 3.8) is 0 Å². The van der Waals surface area contributed by atoms with E-state index in [9.17, 15) is 4.79 Å². The first kappa shape index (κ1) is 24.7. The molecule has 1 saturated carbocycles. The fourth-order valence-corrected chi connectivity index (χ4v) is 3.21. The van der Waals surface area contributed by atoms with Gasteiger partial charge in [-0.1, -0.05) is 18.2 Å². The maximum atomic E-state index is 11.7. The van der Waals surface area contributed by atoms with Crippen LogP contribution >= 0.6 is 24.0 Å². The number of halogens is 1. The molecule has 4 rings (SSSR count). The lowest BCUT2D eigenvalue weighted by atomic mass is 10.1. The topological polar surface area (TPSA) is 105 Å². The van der Waals surface area contributed by atoms with Crippen LogP contribution < -0.4 is 20.7 Å². The summed E-state index contributed by atoms with van der Waals surface area (Å²) in [5.41, 5.74) is 1.98. The molecule has 2 heterocycles. The van der Waals surface area contributed by atoms with Crippen LogP contribution in [-0.2, 0) is 17.8 Å². The van der Waals surface area contributed by atoms with Gasteiger partial charge in [0.1, 0.15) is 12.3 Å². The zero-order valence-corrected chi connectivity index (χ0v) is 21.0. The van der Waals surface area contributed by atoms with Gasteiger partial charge in [-0.25, -0.2) is 4.99 Å². The van der Waals surface area contributed by atoms with Crippen LogP contribution in [0.25, 0.3) is 5.65 Å². The summed E-state index contributed by atoms with van der Waals surface area (Å²) in [4.78, 5) is 16.3. The van der Waals surface area contributed by atoms with Gasteiger partial charge in [0.05, 0.1) is 0 Å². The van der Waals surface area contributed by atoms with E-state index in [-0.39, 0.29) is 36.5 Å². The van der Waals surface area contributed by atoms with Crippen molar-refractivity contribution in [1.29, 1.82) is 0 Å². The molecule has 0 unspecified atom stereocenters. The molecule has 1 fully saturated rings. The van der Waals surface area contributed by atoms with Gasteiger partial charge in [-0.3, -0.25) is 9.20 Å². The monoisotopic (exact) mass is 563 g/mol. The maximum absolute atomic E-state index is 11.7. The quantitative estimate of drug-likeness (QED) is 0.199. The standard InChI is InChI=1S/C23H29N7O2.HI/c1-2-24-23(26-15-21-29-28-20-5-3-4-14-30(20)21)25-13-12-17-6-10-19(11-7-17)32-16-22(31)27-18-8-9-18;/h3-7,10-11,14,18H,2,8-9,12-13,15-16H2,1H3,(H,27,31)(H2,24,25,26);1H. The van der Waals surface area contributed by atoms with Crippen LogP contribution in [0.4, 0.5) is 0 Å². The Morgan fingerprint density at radius 3 is 2.73 bits per heavy atom. The highest BCUT2D eigenvalue weighted by Crippen LogP contribution is 2.18. The Balaban J connectivity index is 0.00000306. The molecule has 0 saturated heterocycles. The third kappa shape index (κ3) is 7.58. The highest BCUT2D eigenvalue weighted by molar-refractivity contribution is 14.0. The van der Waals surface area contributed by atoms with Gasteiger partial charge in [0.2, 0.25) is 0 Å². The Morgan fingerprint density at radius 1 is 1.15 bits per heavy atom. The molecule has 10 heteroatoms. The van der Waals surface area contributed by atoms with E-state index in [1.165, 1.54) is 5.56 Å². The number of fused-ring (bicyclic) bond motifs is 1. The predicted octanol–water partition coefficient (Wildman–Crippen LogP) is 2.30. The number of guanidine groups is 1. The Kier molecular flexibility index (Phi) is 9.28. The van der Waals surface area contributed by atoms with Crippen LogP contribution in [0.1, 0.15) is 31.2 Å². The maximum Gasteiger partial charge on any atom is 0.258 e. The molecule has 1 aliphatic carbocycles. The molecule has 0 bridgehead atoms. The first-order chi connectivity index (χ1) is 15.7. The fourth-order valence-electron chi connectivity index (χ4n) is 3.21. The van der Waals surface area contributed by atoms with Gasteiger partial charge in [0.15, 0.2) is 24.0 Å². The number of benzene rings is 1. The molecule has 33 heavy (non-hydrogen) atoms. The molecule has 9 nitrogen and oxygen atoms in total. The molecule has 1 aromatic carbocycles. The zero-order chi connectivity index (χ0) is 22.2. The second-order valence-electron chi connectivity index (χ2n) is 7.69. The second-order valence-corrected chi connectivity index (χ2v) is 7.69. The molecule has 0 aliphatic heterocycles. The van der Waals surface area contributed by atoms with Gasteiger partial charge in [-0.2, -0.15) is 0 Å². The van der Waals surface area contributed by atoms with E-state index in [2.05, 4.69) is 31.1 Å². The van der Waals surface area contributed by atoms with Crippen LogP contribution in [0.5, 0.6) is 5.75 Å². The average Bonchev–Trinajstić information content (AvgIpc) is 3.53. The number of pyridine rings is 1. The minimum Gasteiger partial charge on any atom is -0.484 e. The number of aromatic nitrogens is 3. The number of nitrogens with zero attached hydrogens (tertiary/aromatic N) is 4. The van der Waals surface area contributed by atoms with Crippen molar-refractivity contribution in [2.45, 2.75) is 38.8 Å². The first-order valence-electron chi connectivity index (χ1n) is 11.0. The highest BCUT2D eigenvalue weighted by Gasteiger charge is 2.23. The van der Waals surface area contributed by atoms with Gasteiger partial charge in [-0.15, -0.1) is 34.2 Å². The lowest BCUT2D eigenvalue weighted by Gasteiger charge is -2.11. The molecule has 0 radical (unpaired) electrons. The molecule has 3 N–H and O–H groups in total. The minimum absolute atomic E-state index is 0. The number of carbonyl (C=O) groups excluding carboxylic acids is 1. The van der Waals surface area contributed by atoms with Crippen LogP contribution in [0.2, 0.25) is 0 Å². The molecule has 0 atom stereocenters. The van der Waals surface area contributed by atoms with E-state index >= 15 is 0 Å². The first-order valence-corrected chi connectivity index (χ1v) is 11.0. The van der Waals surface area contributed by atoms with Crippen molar-refractivity contribution >= 4 is 41.5 Å². The van der Waals surface area contributed by atoms with Crippen LogP contribution in [0.3, 0.4) is 0 Å². The van der Waals surface area contributed by atoms with Crippen molar-refractivity contribution in [2.24, 2.45) is 4.99 Å². The summed E-state index contributed by atoms with van der Waals surface area (Å²) < 4.78 is 7.49. The van der Waals surface area contributed by atoms with E-state index in [0.717, 1.165) is 49.8 Å². The molecule has 1 amide bonds. The smallest absolute Gasteiger partial charge is 0.258 e. The molecule has 1 aliphatic rings. The summed E-state index contributed by atoms with van der Waals surface area (Å²) in [6, 6.07) is 14.0. The lowest BCUT2D eigenvalue weighted by Crippen LogP contribution is -2.38. The summed E-state index contributed by atoms with van der Waals surface area (Å²) >= 11 is 0. The number of hydrogen-bond donors (Lipinski definition) is 3. The van der Waals surface area contributed by atoms with Crippen LogP contribution in [-0.4, -0.2) is 52.2 Å². The molecular weight excluding hydrogens is 533 g/mol. The molecular formula is C23H30IN7O2. The normalized spacial score (nSPS) is 13.3. The van der Waals surface area contributed by atoms with E-state index in [1.807, 2.05) is 60.0 Å². The summed E-state index contributed by atoms with van der Waals surface area (Å²) in [5, 5.41) is 17.9. The van der Waals surface area contributed by atoms with E-state index < -0.39 is 0 Å². The summed E-state index contributed by atoms with van der Waals surface area (Å²) in [7, 11) is 0. The van der Waals surface area contributed by atoms with Gasteiger partial charge in [0.25, 0.3) is 5.91 Å². The number of ether oxygens (including phenoxy) is 1. The van der Waals surface area contributed by atoms with Crippen molar-refractivity contribution in [3.8, 4) is 5.75 Å². The van der Waals surface area contributed by atoms with Gasteiger partial charge < -0.3 is 20.7 Å². The van der Waals surface area contributed by atoms with Crippen molar-refractivity contribution < 1.29 is 9.53 Å². The van der Waals surface area contributed by atoms with Crippen LogP contribution in [0, 0.1) is 0 Å². The van der Waals surface area contributed by atoms with Gasteiger partial charge in [0, 0.05) is 25.3 Å². The Bertz CT molecular complexity index is 1060. The third-order valence-electron chi connectivity index (χ3n) is 5.05. The minimum atomic E-state index is -0.0601. The van der Waals surface area contributed by atoms with E-state index in [0.29, 0.717) is 18.3 Å². The second kappa shape index (κ2) is 12.4. The summed E-state index contributed by atoms with van der Waals surface area (Å²) in [6.07, 6.45) is 4.92. The van der Waals surface area contributed by atoms with Crippen molar-refractivity contribution in [2.75, 3.05) is 19.7 Å². The molecule has 176 valence electrons. The molecule has 2 aromatic heterocycles. The largest absolute Gasteiger partial charge is 0.484 e. The molecule has 3 aromatic rings. The lowest BCUT2D eigenvalue weighted by molar-refractivity contribution is -0.123. The number of aliphatic imine (C=N–C) groups is 1. The summed E-state index contributed by atoms with van der Waals surface area (Å²) in [5.74, 6) is 2.17. The molecule has 0 spiro atoms. The van der Waals surface area contributed by atoms with E-state index in [4.69, 9.17) is 4.74 Å². The SMILES string of the molecule is CCNC(=NCc1nnc2ccccn12)NCCc1ccc(OCC(=O)NC2CC2)cc1.I. The number of nitrogens with one attached hydrogen (secondary N) is 3. The Labute approximate surface area is 210 Å². The third-order valence-corrected chi connectivity index (χ3v) is 5.05. The number of rotatable bonds is 10. The van der Waals surface area contributed by atoms with Gasteiger partial charge >= 0.3 is 0 Å². The number of amides is 1. The fraction of sp³-hybridized carbons (Fsp3) is 0.391. The average molecular weight is 563 g/mol. The van der Waals surface area contributed by atoms with E-state index in [1.54, 1.807) is 0 Å². The predicted molar refractivity (Wildman–Crippen MR) is 138 cm³/mol. The van der Waals surface area contributed by atoms with Gasteiger partial charge in [-0.05, 0) is 56.0 Å². The number of hydrogen-bond acceptors (Lipinski definition) is 5. The number of carbonyl (C=O) groups is 1. The Morgan fingerprint density at radius 2 is 1.97 bits per heavy atom. The van der Waals surface area contributed by atoms with Crippen molar-refractivity contribution in [1.82, 2.24) is 30.5 Å².